The second kappa shape index (κ2) is 6.97. The van der Waals surface area contributed by atoms with Gasteiger partial charge < -0.3 is 15.8 Å². The third-order valence-corrected chi connectivity index (χ3v) is 2.21. The number of aryl methyl sites for hydroxylation is 1. The molecule has 1 aromatic rings. The van der Waals surface area contributed by atoms with Crippen molar-refractivity contribution in [3.05, 3.63) is 18.5 Å². The fraction of sp³-hybridized carbons (Fsp3) is 0.600. The highest BCUT2D eigenvalue weighted by atomic mass is 16.5. The van der Waals surface area contributed by atoms with Gasteiger partial charge in [0, 0.05) is 39.1 Å². The monoisotopic (exact) mass is 226 g/mol. The molecular formula is C10H18N4O2. The van der Waals surface area contributed by atoms with Crippen molar-refractivity contribution in [3.63, 3.8) is 0 Å². The van der Waals surface area contributed by atoms with Crippen LogP contribution in [0, 0.1) is 0 Å². The predicted octanol–water partition coefficient (Wildman–Crippen LogP) is -0.637. The molecule has 16 heavy (non-hydrogen) atoms. The molecule has 0 spiro atoms. The third kappa shape index (κ3) is 4.00. The van der Waals surface area contributed by atoms with Gasteiger partial charge in [0.25, 0.3) is 0 Å². The Hall–Kier alpha value is -1.40. The minimum Gasteiger partial charge on any atom is -0.370 e. The van der Waals surface area contributed by atoms with Gasteiger partial charge in [0.05, 0.1) is 0 Å². The van der Waals surface area contributed by atoms with E-state index in [-0.39, 0.29) is 12.5 Å². The summed E-state index contributed by atoms with van der Waals surface area (Å²) in [4.78, 5) is 11.4. The number of aromatic nitrogens is 2. The van der Waals surface area contributed by atoms with Gasteiger partial charge in [0.1, 0.15) is 6.10 Å². The van der Waals surface area contributed by atoms with E-state index in [9.17, 15) is 4.79 Å². The molecule has 0 radical (unpaired) electrons. The summed E-state index contributed by atoms with van der Waals surface area (Å²) in [5.74, 6) is -0.162. The van der Waals surface area contributed by atoms with Crippen molar-refractivity contribution in [3.8, 4) is 0 Å². The average molecular weight is 226 g/mol. The van der Waals surface area contributed by atoms with Crippen LogP contribution in [-0.2, 0) is 16.1 Å². The van der Waals surface area contributed by atoms with E-state index >= 15 is 0 Å². The molecule has 6 nitrogen and oxygen atoms in total. The van der Waals surface area contributed by atoms with Crippen LogP contribution in [0.4, 0.5) is 0 Å². The first-order valence-corrected chi connectivity index (χ1v) is 5.26. The van der Waals surface area contributed by atoms with Gasteiger partial charge >= 0.3 is 0 Å². The van der Waals surface area contributed by atoms with Crippen molar-refractivity contribution in [1.82, 2.24) is 15.1 Å². The summed E-state index contributed by atoms with van der Waals surface area (Å²) in [6.45, 7) is 1.58. The number of nitrogens with one attached hydrogen (secondary N) is 1. The lowest BCUT2D eigenvalue weighted by atomic mass is 10.3. The lowest BCUT2D eigenvalue weighted by molar-refractivity contribution is -0.130. The van der Waals surface area contributed by atoms with Gasteiger partial charge in [-0.3, -0.25) is 9.48 Å². The summed E-state index contributed by atoms with van der Waals surface area (Å²) in [5, 5.41) is 6.82. The van der Waals surface area contributed by atoms with Crippen LogP contribution in [0.5, 0.6) is 0 Å². The molecule has 6 heteroatoms. The number of amides is 1. The summed E-state index contributed by atoms with van der Waals surface area (Å²) < 4.78 is 6.73. The highest BCUT2D eigenvalue weighted by molar-refractivity contribution is 5.80. The third-order valence-electron chi connectivity index (χ3n) is 2.21. The molecule has 0 fully saturated rings. The molecule has 1 rings (SSSR count). The maximum atomic E-state index is 11.4. The largest absolute Gasteiger partial charge is 0.370 e. The summed E-state index contributed by atoms with van der Waals surface area (Å²) in [7, 11) is 1.47. The van der Waals surface area contributed by atoms with Crippen molar-refractivity contribution in [2.45, 2.75) is 19.1 Å². The van der Waals surface area contributed by atoms with E-state index in [1.54, 1.807) is 6.20 Å². The Bertz CT molecular complexity index is 296. The molecule has 1 amide bonds. The van der Waals surface area contributed by atoms with Crippen molar-refractivity contribution >= 4 is 5.91 Å². The zero-order valence-corrected chi connectivity index (χ0v) is 9.43. The molecule has 90 valence electrons. The van der Waals surface area contributed by atoms with Crippen LogP contribution in [0.15, 0.2) is 18.5 Å². The first kappa shape index (κ1) is 12.7. The zero-order valence-electron chi connectivity index (χ0n) is 9.43. The summed E-state index contributed by atoms with van der Waals surface area (Å²) in [6.07, 6.45) is 3.90. The van der Waals surface area contributed by atoms with E-state index in [1.165, 1.54) is 7.11 Å². The number of methoxy groups -OCH3 is 1. The second-order valence-electron chi connectivity index (χ2n) is 3.37. The molecule has 1 atom stereocenters. The smallest absolute Gasteiger partial charge is 0.250 e. The number of carbonyl (C=O) groups is 1. The number of ether oxygens (including phenoxy) is 1. The fourth-order valence-corrected chi connectivity index (χ4v) is 1.31. The van der Waals surface area contributed by atoms with E-state index in [4.69, 9.17) is 10.5 Å². The fourth-order valence-electron chi connectivity index (χ4n) is 1.31. The molecule has 0 aliphatic rings. The number of hydrogen-bond acceptors (Lipinski definition) is 4. The molecule has 0 aliphatic heterocycles. The topological polar surface area (TPSA) is 82.2 Å². The van der Waals surface area contributed by atoms with Crippen molar-refractivity contribution < 1.29 is 9.53 Å². The van der Waals surface area contributed by atoms with Crippen LogP contribution in [0.3, 0.4) is 0 Å². The number of rotatable bonds is 7. The van der Waals surface area contributed by atoms with Crippen LogP contribution in [0.25, 0.3) is 0 Å². The van der Waals surface area contributed by atoms with Crippen molar-refractivity contribution in [1.29, 1.82) is 0 Å². The summed E-state index contributed by atoms with van der Waals surface area (Å²) in [6, 6.07) is 1.87. The highest BCUT2D eigenvalue weighted by Gasteiger charge is 2.14. The van der Waals surface area contributed by atoms with E-state index < -0.39 is 6.10 Å². The standard InChI is InChI=1S/C10H18N4O2/c1-16-9(8-11)10(15)12-4-2-6-14-7-3-5-13-14/h3,5,7,9H,2,4,6,8,11H2,1H3,(H,12,15). The van der Waals surface area contributed by atoms with Crippen LogP contribution in [-0.4, -0.2) is 42.0 Å². The van der Waals surface area contributed by atoms with E-state index in [2.05, 4.69) is 10.4 Å². The molecule has 3 N–H and O–H groups in total. The molecule has 1 heterocycles. The average Bonchev–Trinajstić information content (AvgIpc) is 2.79. The van der Waals surface area contributed by atoms with Gasteiger partial charge in [0.15, 0.2) is 0 Å². The molecule has 0 saturated carbocycles. The predicted molar refractivity (Wildman–Crippen MR) is 59.7 cm³/mol. The van der Waals surface area contributed by atoms with Gasteiger partial charge in [-0.1, -0.05) is 0 Å². The Morgan fingerprint density at radius 3 is 3.06 bits per heavy atom. The van der Waals surface area contributed by atoms with Crippen molar-refractivity contribution in [2.24, 2.45) is 5.73 Å². The Balaban J connectivity index is 2.13. The number of nitrogens with zero attached hydrogens (tertiary/aromatic N) is 2. The first-order chi connectivity index (χ1) is 7.77. The van der Waals surface area contributed by atoms with Crippen LogP contribution in [0.2, 0.25) is 0 Å². The van der Waals surface area contributed by atoms with Gasteiger partial charge in [-0.15, -0.1) is 0 Å². The molecule has 0 saturated heterocycles. The number of carbonyl (C=O) groups excluding carboxylic acids is 1. The maximum Gasteiger partial charge on any atom is 0.250 e. The van der Waals surface area contributed by atoms with E-state index in [0.717, 1.165) is 13.0 Å². The Morgan fingerprint density at radius 2 is 2.50 bits per heavy atom. The SMILES string of the molecule is COC(CN)C(=O)NCCCn1cccn1. The number of hydrogen-bond donors (Lipinski definition) is 2. The Kier molecular flexibility index (Phi) is 5.52. The minimum absolute atomic E-state index is 0.162. The normalized spacial score (nSPS) is 12.4. The van der Waals surface area contributed by atoms with Crippen LogP contribution < -0.4 is 11.1 Å². The molecule has 0 bridgehead atoms. The Morgan fingerprint density at radius 1 is 1.69 bits per heavy atom. The molecule has 0 aliphatic carbocycles. The second-order valence-corrected chi connectivity index (χ2v) is 3.37. The zero-order chi connectivity index (χ0) is 11.8. The van der Waals surface area contributed by atoms with Crippen LogP contribution in [0.1, 0.15) is 6.42 Å². The lowest BCUT2D eigenvalue weighted by Gasteiger charge is -2.12. The van der Waals surface area contributed by atoms with Gasteiger partial charge in [-0.05, 0) is 12.5 Å². The van der Waals surface area contributed by atoms with Crippen LogP contribution >= 0.6 is 0 Å². The lowest BCUT2D eigenvalue weighted by Crippen LogP contribution is -2.41. The molecule has 1 unspecified atom stereocenters. The van der Waals surface area contributed by atoms with E-state index in [1.807, 2.05) is 16.9 Å². The van der Waals surface area contributed by atoms with Gasteiger partial charge in [-0.2, -0.15) is 5.10 Å². The molecule has 0 aromatic carbocycles. The van der Waals surface area contributed by atoms with Gasteiger partial charge in [0.2, 0.25) is 5.91 Å². The van der Waals surface area contributed by atoms with Gasteiger partial charge in [-0.25, -0.2) is 0 Å². The first-order valence-electron chi connectivity index (χ1n) is 5.26. The maximum absolute atomic E-state index is 11.4. The number of nitrogens with two attached hydrogens (primary N) is 1. The summed E-state index contributed by atoms with van der Waals surface area (Å²) >= 11 is 0. The Labute approximate surface area is 94.8 Å². The summed E-state index contributed by atoms with van der Waals surface area (Å²) in [5.41, 5.74) is 5.37. The molecule has 1 aromatic heterocycles. The van der Waals surface area contributed by atoms with E-state index in [0.29, 0.717) is 6.54 Å². The highest BCUT2D eigenvalue weighted by Crippen LogP contribution is 1.90. The minimum atomic E-state index is -0.551. The van der Waals surface area contributed by atoms with Crippen molar-refractivity contribution in [2.75, 3.05) is 20.2 Å². The quantitative estimate of drug-likeness (QED) is 0.606. The molecular weight excluding hydrogens is 208 g/mol.